The van der Waals surface area contributed by atoms with Gasteiger partial charge in [0.15, 0.2) is 5.82 Å². The molecule has 2 amide bonds. The number of piperidine rings is 1. The number of aromatic nitrogens is 3. The molecule has 10 nitrogen and oxygen atoms in total. The van der Waals surface area contributed by atoms with Crippen molar-refractivity contribution in [2.75, 3.05) is 43.4 Å². The maximum Gasteiger partial charge on any atom is 0.255 e. The van der Waals surface area contributed by atoms with Crippen molar-refractivity contribution >= 4 is 40.0 Å². The minimum Gasteiger partial charge on any atom is -0.355 e. The quantitative estimate of drug-likeness (QED) is 0.186. The van der Waals surface area contributed by atoms with Gasteiger partial charge in [-0.1, -0.05) is 25.1 Å². The number of carbonyl (C=O) groups excluding carboxylic acids is 2. The van der Waals surface area contributed by atoms with Crippen LogP contribution in [0.5, 0.6) is 0 Å². The number of nitrogens with zero attached hydrogens (tertiary/aromatic N) is 5. The molecule has 5 heterocycles. The molecule has 0 bridgehead atoms. The van der Waals surface area contributed by atoms with E-state index in [9.17, 15) is 18.4 Å². The lowest BCUT2D eigenvalue weighted by atomic mass is 9.74. The molecule has 2 aliphatic carbocycles. The number of nitrogens with one attached hydrogen (secondary N) is 3. The smallest absolute Gasteiger partial charge is 0.255 e. The van der Waals surface area contributed by atoms with E-state index in [1.165, 1.54) is 0 Å². The molecule has 2 aromatic heterocycles. The molecule has 4 fully saturated rings. The van der Waals surface area contributed by atoms with E-state index < -0.39 is 16.8 Å². The number of anilines is 3. The first kappa shape index (κ1) is 34.4. The van der Waals surface area contributed by atoms with Crippen LogP contribution in [0.1, 0.15) is 86.3 Å². The van der Waals surface area contributed by atoms with Gasteiger partial charge in [-0.3, -0.25) is 14.5 Å². The zero-order valence-corrected chi connectivity index (χ0v) is 30.9. The standard InChI is InChI=1S/C41H48F2N8O2/c1-5-25(3)50-23-46-33-20-32(48-36(35(33)50)47-27-8-6-24(2)30(17-27)37(52)44-4)26-7-9-31-34(16-26)51(38(53)40(31)10-13-45-14-11-40)29-18-28(19-29)49-15-12-39(22-49)21-41(39,42)43/h6-9,16-17,20,23,25,28-29,45H,5,10-15,18-19,21-22H2,1-4H3,(H,44,52)(H,47,48)/t25-,28?,29?,39?/m0/s1. The average Bonchev–Trinajstić information content (AvgIpc) is 3.53. The highest BCUT2D eigenvalue weighted by Crippen LogP contribution is 2.65. The summed E-state index contributed by atoms with van der Waals surface area (Å²) in [6.45, 7) is 8.96. The van der Waals surface area contributed by atoms with Crippen molar-refractivity contribution < 1.29 is 18.4 Å². The number of hydrogen-bond donors (Lipinski definition) is 3. The van der Waals surface area contributed by atoms with Crippen molar-refractivity contribution in [1.29, 1.82) is 0 Å². The zero-order chi connectivity index (χ0) is 36.9. The Kier molecular flexibility index (Phi) is 7.98. The molecule has 2 atom stereocenters. The normalized spacial score (nSPS) is 26.2. The Morgan fingerprint density at radius 1 is 1.08 bits per heavy atom. The molecule has 0 radical (unpaired) electrons. The van der Waals surface area contributed by atoms with Crippen LogP contribution in [0, 0.1) is 12.3 Å². The van der Waals surface area contributed by atoms with Gasteiger partial charge in [0.05, 0.1) is 28.4 Å². The second kappa shape index (κ2) is 12.3. The average molecular weight is 723 g/mol. The van der Waals surface area contributed by atoms with E-state index >= 15 is 0 Å². The first-order valence-electron chi connectivity index (χ1n) is 19.3. The van der Waals surface area contributed by atoms with Gasteiger partial charge in [-0.05, 0) is 107 Å². The fraction of sp³-hybridized carbons (Fsp3) is 0.512. The van der Waals surface area contributed by atoms with E-state index in [1.54, 1.807) is 7.05 Å². The van der Waals surface area contributed by atoms with E-state index in [1.807, 2.05) is 37.5 Å². The van der Waals surface area contributed by atoms with Gasteiger partial charge in [0, 0.05) is 60.6 Å². The number of pyridine rings is 1. The highest BCUT2D eigenvalue weighted by molar-refractivity contribution is 6.09. The van der Waals surface area contributed by atoms with Crippen LogP contribution in [0.15, 0.2) is 48.8 Å². The summed E-state index contributed by atoms with van der Waals surface area (Å²) in [4.78, 5) is 41.7. The molecule has 3 N–H and O–H groups in total. The number of halogens is 2. The van der Waals surface area contributed by atoms with Crippen molar-refractivity contribution in [2.45, 2.75) is 95.2 Å². The fourth-order valence-corrected chi connectivity index (χ4v) is 9.60. The largest absolute Gasteiger partial charge is 0.355 e. The van der Waals surface area contributed by atoms with Gasteiger partial charge in [0.2, 0.25) is 5.91 Å². The lowest BCUT2D eigenvalue weighted by Gasteiger charge is -2.46. The monoisotopic (exact) mass is 722 g/mol. The van der Waals surface area contributed by atoms with Crippen molar-refractivity contribution in [1.82, 2.24) is 30.1 Å². The lowest BCUT2D eigenvalue weighted by Crippen LogP contribution is -2.57. The molecule has 12 heteroatoms. The third-order valence-corrected chi connectivity index (χ3v) is 13.3. The van der Waals surface area contributed by atoms with Crippen LogP contribution >= 0.6 is 0 Å². The number of benzene rings is 2. The Morgan fingerprint density at radius 2 is 1.85 bits per heavy atom. The summed E-state index contributed by atoms with van der Waals surface area (Å²) >= 11 is 0. The van der Waals surface area contributed by atoms with Gasteiger partial charge in [0.25, 0.3) is 11.8 Å². The third kappa shape index (κ3) is 5.30. The van der Waals surface area contributed by atoms with Crippen molar-refractivity contribution in [2.24, 2.45) is 5.41 Å². The highest BCUT2D eigenvalue weighted by Gasteiger charge is 2.73. The molecule has 4 aromatic rings. The van der Waals surface area contributed by atoms with Gasteiger partial charge >= 0.3 is 0 Å². The summed E-state index contributed by atoms with van der Waals surface area (Å²) in [6, 6.07) is 14.5. The maximum atomic E-state index is 14.6. The molecule has 1 unspecified atom stereocenters. The number of rotatable bonds is 8. The van der Waals surface area contributed by atoms with Gasteiger partial charge in [-0.15, -0.1) is 0 Å². The van der Waals surface area contributed by atoms with Gasteiger partial charge in [-0.2, -0.15) is 0 Å². The molecule has 5 aliphatic rings. The molecule has 2 saturated heterocycles. The number of hydrogen-bond acceptors (Lipinski definition) is 7. The van der Waals surface area contributed by atoms with Crippen LogP contribution in [-0.2, 0) is 10.2 Å². The number of carbonyl (C=O) groups is 2. The number of aryl methyl sites for hydroxylation is 1. The van der Waals surface area contributed by atoms with E-state index in [-0.39, 0.29) is 36.4 Å². The molecule has 2 saturated carbocycles. The van der Waals surface area contributed by atoms with Crippen LogP contribution in [0.4, 0.5) is 26.0 Å². The molecule has 2 aromatic carbocycles. The number of alkyl halides is 2. The molecular weight excluding hydrogens is 675 g/mol. The minimum atomic E-state index is -2.53. The zero-order valence-electron chi connectivity index (χ0n) is 30.9. The van der Waals surface area contributed by atoms with Gasteiger partial charge < -0.3 is 25.4 Å². The highest BCUT2D eigenvalue weighted by atomic mass is 19.3. The van der Waals surface area contributed by atoms with Crippen molar-refractivity contribution in [3.05, 3.63) is 65.5 Å². The number of amides is 2. The van der Waals surface area contributed by atoms with Crippen LogP contribution < -0.4 is 20.9 Å². The van der Waals surface area contributed by atoms with Crippen molar-refractivity contribution in [3.8, 4) is 11.3 Å². The van der Waals surface area contributed by atoms with Gasteiger partial charge in [-0.25, -0.2) is 18.7 Å². The van der Waals surface area contributed by atoms with E-state index in [2.05, 4.69) is 62.4 Å². The summed E-state index contributed by atoms with van der Waals surface area (Å²) < 4.78 is 30.6. The molecule has 9 rings (SSSR count). The summed E-state index contributed by atoms with van der Waals surface area (Å²) in [5, 5.41) is 9.71. The van der Waals surface area contributed by atoms with E-state index in [4.69, 9.17) is 9.97 Å². The van der Waals surface area contributed by atoms with Gasteiger partial charge in [0.1, 0.15) is 5.52 Å². The molecule has 278 valence electrons. The first-order valence-corrected chi connectivity index (χ1v) is 19.3. The molecular formula is C41H48F2N8O2. The van der Waals surface area contributed by atoms with E-state index in [0.29, 0.717) is 30.9 Å². The predicted molar refractivity (Wildman–Crippen MR) is 202 cm³/mol. The predicted octanol–water partition coefficient (Wildman–Crippen LogP) is 6.71. The Morgan fingerprint density at radius 3 is 2.55 bits per heavy atom. The number of likely N-dealkylation sites (tertiary alicyclic amines) is 1. The van der Waals surface area contributed by atoms with Crippen molar-refractivity contribution in [3.63, 3.8) is 0 Å². The Balaban J connectivity index is 1.08. The van der Waals surface area contributed by atoms with E-state index in [0.717, 1.165) is 90.0 Å². The minimum absolute atomic E-state index is 0.0149. The lowest BCUT2D eigenvalue weighted by molar-refractivity contribution is -0.125. The Bertz CT molecular complexity index is 2140. The molecule has 3 aliphatic heterocycles. The van der Waals surface area contributed by atoms with Crippen LogP contribution in [0.2, 0.25) is 0 Å². The summed E-state index contributed by atoms with van der Waals surface area (Å²) in [5.41, 5.74) is 6.14. The third-order valence-electron chi connectivity index (χ3n) is 13.3. The summed E-state index contributed by atoms with van der Waals surface area (Å²) in [7, 11) is 1.63. The Labute approximate surface area is 308 Å². The topological polar surface area (TPSA) is 107 Å². The second-order valence-electron chi connectivity index (χ2n) is 16.3. The SMILES string of the molecule is CC[C@H](C)n1cnc2cc(-c3ccc4c(c3)N(C3CC(N5CCC6(C5)CC6(F)F)C3)C(=O)C43CCNCC3)nc(Nc3ccc(C)c(C(=O)NC)c3)c21. The molecule has 53 heavy (non-hydrogen) atoms. The Hall–Kier alpha value is -4.42. The maximum absolute atomic E-state index is 14.6. The number of imidazole rings is 1. The van der Waals surface area contributed by atoms with Crippen LogP contribution in [-0.4, -0.2) is 82.5 Å². The number of fused-ring (bicyclic) bond motifs is 3. The second-order valence-corrected chi connectivity index (χ2v) is 16.3. The first-order chi connectivity index (χ1) is 25.5. The fourth-order valence-electron chi connectivity index (χ4n) is 9.60. The summed E-state index contributed by atoms with van der Waals surface area (Å²) in [6.07, 6.45) is 6.44. The van der Waals surface area contributed by atoms with Crippen LogP contribution in [0.3, 0.4) is 0 Å². The summed E-state index contributed by atoms with van der Waals surface area (Å²) in [5.74, 6) is -1.87. The molecule has 2 spiro atoms. The van der Waals surface area contributed by atoms with Crippen LogP contribution in [0.25, 0.3) is 22.3 Å².